The van der Waals surface area contributed by atoms with Crippen molar-refractivity contribution in [2.75, 3.05) is 47.1 Å². The number of ether oxygens (including phenoxy) is 4. The molecule has 0 spiro atoms. The van der Waals surface area contributed by atoms with E-state index in [9.17, 15) is 9.59 Å². The molecule has 1 saturated heterocycles. The van der Waals surface area contributed by atoms with Gasteiger partial charge in [-0.25, -0.2) is 5.01 Å². The molecule has 2 heterocycles. The molecular formula is C29H37N3O6. The number of amides is 1. The SMILES string of the molecule is CCOC(=O)C1CCN(CC(=O)N2N=C(c3ccc(OC)cc3OC)C[C@H]2c2ccc(OCC)cc2)CC1. The quantitative estimate of drug-likeness (QED) is 0.434. The van der Waals surface area contributed by atoms with Crippen molar-refractivity contribution >= 4 is 17.6 Å². The monoisotopic (exact) mass is 523 g/mol. The van der Waals surface area contributed by atoms with Crippen LogP contribution in [0.4, 0.5) is 0 Å². The summed E-state index contributed by atoms with van der Waals surface area (Å²) in [4.78, 5) is 27.8. The predicted octanol–water partition coefficient (Wildman–Crippen LogP) is 4.06. The molecule has 204 valence electrons. The molecule has 1 amide bonds. The number of esters is 1. The first kappa shape index (κ1) is 27.4. The summed E-state index contributed by atoms with van der Waals surface area (Å²) in [7, 11) is 3.22. The number of likely N-dealkylation sites (tertiary alicyclic amines) is 1. The van der Waals surface area contributed by atoms with Gasteiger partial charge in [-0.3, -0.25) is 14.5 Å². The first-order chi connectivity index (χ1) is 18.5. The maximum Gasteiger partial charge on any atom is 0.309 e. The maximum absolute atomic E-state index is 13.6. The van der Waals surface area contributed by atoms with Crippen LogP contribution >= 0.6 is 0 Å². The number of rotatable bonds is 10. The number of carbonyl (C=O) groups excluding carboxylic acids is 2. The fourth-order valence-corrected chi connectivity index (χ4v) is 5.00. The molecular weight excluding hydrogens is 486 g/mol. The van der Waals surface area contributed by atoms with E-state index < -0.39 is 0 Å². The molecule has 0 N–H and O–H groups in total. The molecule has 0 bridgehead atoms. The van der Waals surface area contributed by atoms with E-state index in [4.69, 9.17) is 24.0 Å². The van der Waals surface area contributed by atoms with E-state index in [0.717, 1.165) is 22.6 Å². The van der Waals surface area contributed by atoms with Crippen LogP contribution in [0, 0.1) is 5.92 Å². The number of benzene rings is 2. The maximum atomic E-state index is 13.6. The Kier molecular flexibility index (Phi) is 9.23. The van der Waals surface area contributed by atoms with Gasteiger partial charge in [0.2, 0.25) is 0 Å². The van der Waals surface area contributed by atoms with Crippen molar-refractivity contribution in [3.63, 3.8) is 0 Å². The van der Waals surface area contributed by atoms with Gasteiger partial charge in [0.15, 0.2) is 0 Å². The normalized spacial score (nSPS) is 18.2. The summed E-state index contributed by atoms with van der Waals surface area (Å²) in [6.45, 7) is 6.31. The van der Waals surface area contributed by atoms with Crippen LogP contribution < -0.4 is 14.2 Å². The Hall–Kier alpha value is -3.59. The van der Waals surface area contributed by atoms with Crippen molar-refractivity contribution in [2.45, 2.75) is 39.2 Å². The summed E-state index contributed by atoms with van der Waals surface area (Å²) in [6.07, 6.45) is 1.92. The van der Waals surface area contributed by atoms with E-state index in [1.54, 1.807) is 19.2 Å². The van der Waals surface area contributed by atoms with Gasteiger partial charge >= 0.3 is 5.97 Å². The molecule has 9 heteroatoms. The smallest absolute Gasteiger partial charge is 0.309 e. The third kappa shape index (κ3) is 6.27. The molecule has 0 radical (unpaired) electrons. The summed E-state index contributed by atoms with van der Waals surface area (Å²) < 4.78 is 21.7. The van der Waals surface area contributed by atoms with Crippen molar-refractivity contribution in [1.29, 1.82) is 0 Å². The minimum Gasteiger partial charge on any atom is -0.497 e. The Morgan fingerprint density at radius 1 is 0.947 bits per heavy atom. The fourth-order valence-electron chi connectivity index (χ4n) is 5.00. The van der Waals surface area contributed by atoms with Crippen LogP contribution in [0.25, 0.3) is 0 Å². The minimum absolute atomic E-state index is 0.0825. The molecule has 4 rings (SSSR count). The average molecular weight is 524 g/mol. The molecule has 38 heavy (non-hydrogen) atoms. The van der Waals surface area contributed by atoms with E-state index >= 15 is 0 Å². The Morgan fingerprint density at radius 2 is 1.66 bits per heavy atom. The van der Waals surface area contributed by atoms with E-state index in [1.807, 2.05) is 56.3 Å². The Bertz CT molecular complexity index is 1140. The van der Waals surface area contributed by atoms with Crippen molar-refractivity contribution in [3.05, 3.63) is 53.6 Å². The molecule has 2 aromatic carbocycles. The van der Waals surface area contributed by atoms with Crippen LogP contribution in [0.2, 0.25) is 0 Å². The molecule has 0 aromatic heterocycles. The third-order valence-corrected chi connectivity index (χ3v) is 7.03. The van der Waals surface area contributed by atoms with Crippen LogP contribution in [0.3, 0.4) is 0 Å². The Morgan fingerprint density at radius 3 is 2.29 bits per heavy atom. The van der Waals surface area contributed by atoms with Gasteiger partial charge in [0.05, 0.1) is 51.6 Å². The molecule has 1 fully saturated rings. The summed E-state index contributed by atoms with van der Waals surface area (Å²) in [6, 6.07) is 13.2. The zero-order valence-electron chi connectivity index (χ0n) is 22.6. The average Bonchev–Trinajstić information content (AvgIpc) is 3.39. The highest BCUT2D eigenvalue weighted by molar-refractivity contribution is 6.05. The Labute approximate surface area is 224 Å². The molecule has 0 saturated carbocycles. The second-order valence-electron chi connectivity index (χ2n) is 9.38. The van der Waals surface area contributed by atoms with Crippen LogP contribution in [0.1, 0.15) is 50.3 Å². The van der Waals surface area contributed by atoms with Crippen molar-refractivity contribution in [2.24, 2.45) is 11.0 Å². The zero-order chi connectivity index (χ0) is 27.1. The molecule has 2 aliphatic rings. The summed E-state index contributed by atoms with van der Waals surface area (Å²) in [5.74, 6) is 1.79. The number of hydrogen-bond donors (Lipinski definition) is 0. The first-order valence-corrected chi connectivity index (χ1v) is 13.2. The van der Waals surface area contributed by atoms with Gasteiger partial charge < -0.3 is 18.9 Å². The largest absolute Gasteiger partial charge is 0.497 e. The van der Waals surface area contributed by atoms with Crippen LogP contribution in [-0.2, 0) is 14.3 Å². The summed E-state index contributed by atoms with van der Waals surface area (Å²) >= 11 is 0. The lowest BCUT2D eigenvalue weighted by Crippen LogP contribution is -2.43. The van der Waals surface area contributed by atoms with Gasteiger partial charge in [0, 0.05) is 18.1 Å². The Balaban J connectivity index is 1.54. The highest BCUT2D eigenvalue weighted by Crippen LogP contribution is 2.37. The molecule has 2 aliphatic heterocycles. The van der Waals surface area contributed by atoms with Gasteiger partial charge in [-0.1, -0.05) is 12.1 Å². The van der Waals surface area contributed by atoms with E-state index in [0.29, 0.717) is 57.1 Å². The van der Waals surface area contributed by atoms with Crippen LogP contribution in [0.15, 0.2) is 47.6 Å². The highest BCUT2D eigenvalue weighted by atomic mass is 16.5. The number of methoxy groups -OCH3 is 2. The summed E-state index contributed by atoms with van der Waals surface area (Å²) in [5.41, 5.74) is 2.58. The van der Waals surface area contributed by atoms with Crippen LogP contribution in [-0.4, -0.2) is 74.6 Å². The highest BCUT2D eigenvalue weighted by Gasteiger charge is 2.35. The topological polar surface area (TPSA) is 89.9 Å². The van der Waals surface area contributed by atoms with Crippen molar-refractivity contribution in [3.8, 4) is 17.2 Å². The lowest BCUT2D eigenvalue weighted by molar-refractivity contribution is -0.149. The lowest BCUT2D eigenvalue weighted by atomic mass is 9.96. The third-order valence-electron chi connectivity index (χ3n) is 7.03. The number of carbonyl (C=O) groups is 2. The lowest BCUT2D eigenvalue weighted by Gasteiger charge is -2.32. The zero-order valence-corrected chi connectivity index (χ0v) is 22.6. The second kappa shape index (κ2) is 12.8. The van der Waals surface area contributed by atoms with E-state index in [-0.39, 0.29) is 30.4 Å². The van der Waals surface area contributed by atoms with Gasteiger partial charge in [-0.2, -0.15) is 5.10 Å². The second-order valence-corrected chi connectivity index (χ2v) is 9.38. The van der Waals surface area contributed by atoms with Gasteiger partial charge in [-0.15, -0.1) is 0 Å². The van der Waals surface area contributed by atoms with E-state index in [2.05, 4.69) is 4.90 Å². The van der Waals surface area contributed by atoms with Crippen LogP contribution in [0.5, 0.6) is 17.2 Å². The fraction of sp³-hybridized carbons (Fsp3) is 0.483. The number of piperidine rings is 1. The minimum atomic E-state index is -0.253. The molecule has 0 unspecified atom stereocenters. The molecule has 1 atom stereocenters. The van der Waals surface area contributed by atoms with E-state index in [1.165, 1.54) is 0 Å². The van der Waals surface area contributed by atoms with Gasteiger partial charge in [0.25, 0.3) is 5.91 Å². The molecule has 2 aromatic rings. The summed E-state index contributed by atoms with van der Waals surface area (Å²) in [5, 5.41) is 6.42. The number of hydrazone groups is 1. The predicted molar refractivity (Wildman–Crippen MR) is 144 cm³/mol. The van der Waals surface area contributed by atoms with Crippen molar-refractivity contribution in [1.82, 2.24) is 9.91 Å². The number of nitrogens with zero attached hydrogens (tertiary/aromatic N) is 3. The van der Waals surface area contributed by atoms with Crippen molar-refractivity contribution < 1.29 is 28.5 Å². The van der Waals surface area contributed by atoms with Gasteiger partial charge in [0.1, 0.15) is 17.2 Å². The van der Waals surface area contributed by atoms with Gasteiger partial charge in [-0.05, 0) is 69.6 Å². The standard InChI is InChI=1S/C29H37N3O6/c1-5-37-22-9-7-20(8-10-22)26-18-25(24-12-11-23(35-3)17-27(24)36-4)30-32(26)28(33)19-31-15-13-21(14-16-31)29(34)38-6-2/h7-12,17,21,26H,5-6,13-16,18-19H2,1-4H3/t26-/m0/s1. The first-order valence-electron chi connectivity index (χ1n) is 13.2. The molecule has 9 nitrogen and oxygen atoms in total. The number of hydrogen-bond acceptors (Lipinski definition) is 8. The molecule has 0 aliphatic carbocycles.